The Hall–Kier alpha value is -1.27. The van der Waals surface area contributed by atoms with Crippen molar-refractivity contribution in [2.75, 3.05) is 37.6 Å². The molecule has 1 heterocycles. The molecule has 2 rings (SSSR count). The molecule has 1 saturated heterocycles. The van der Waals surface area contributed by atoms with Gasteiger partial charge in [0.2, 0.25) is 0 Å². The van der Waals surface area contributed by atoms with Gasteiger partial charge in [0.25, 0.3) is 0 Å². The molecule has 0 bridgehead atoms. The molecule has 0 amide bonds. The van der Waals surface area contributed by atoms with Crippen LogP contribution in [0.2, 0.25) is 0 Å². The van der Waals surface area contributed by atoms with Crippen molar-refractivity contribution < 1.29 is 13.2 Å². The van der Waals surface area contributed by atoms with E-state index in [0.717, 1.165) is 19.2 Å². The van der Waals surface area contributed by atoms with Gasteiger partial charge in [0.15, 0.2) is 0 Å². The predicted octanol–water partition coefficient (Wildman–Crippen LogP) is 2.56. The Morgan fingerprint density at radius 3 is 2.14 bits per heavy atom. The highest BCUT2D eigenvalue weighted by Crippen LogP contribution is 2.36. The largest absolute Gasteiger partial charge is 0.418 e. The van der Waals surface area contributed by atoms with Gasteiger partial charge in [-0.1, -0.05) is 12.1 Å². The molecule has 0 saturated carbocycles. The van der Waals surface area contributed by atoms with Gasteiger partial charge in [-0.25, -0.2) is 0 Å². The van der Waals surface area contributed by atoms with Crippen LogP contribution in [0.3, 0.4) is 0 Å². The molecule has 118 valence electrons. The summed E-state index contributed by atoms with van der Waals surface area (Å²) in [5.74, 6) is 0. The van der Waals surface area contributed by atoms with Gasteiger partial charge in [-0.2, -0.15) is 13.2 Å². The third kappa shape index (κ3) is 3.49. The van der Waals surface area contributed by atoms with Crippen LogP contribution in [-0.2, 0) is 6.18 Å². The lowest BCUT2D eigenvalue weighted by molar-refractivity contribution is -0.137. The van der Waals surface area contributed by atoms with Gasteiger partial charge in [0, 0.05) is 44.0 Å². The first-order valence-electron chi connectivity index (χ1n) is 7.12. The van der Waals surface area contributed by atoms with Crippen molar-refractivity contribution in [3.8, 4) is 0 Å². The van der Waals surface area contributed by atoms with E-state index < -0.39 is 11.7 Å². The van der Waals surface area contributed by atoms with Crippen molar-refractivity contribution in [1.29, 1.82) is 0 Å². The summed E-state index contributed by atoms with van der Waals surface area (Å²) >= 11 is 0. The van der Waals surface area contributed by atoms with E-state index in [-0.39, 0.29) is 11.2 Å². The van der Waals surface area contributed by atoms with Crippen molar-refractivity contribution in [2.45, 2.75) is 25.6 Å². The van der Waals surface area contributed by atoms with Crippen LogP contribution in [0.15, 0.2) is 24.3 Å². The van der Waals surface area contributed by atoms with E-state index in [9.17, 15) is 13.2 Å². The lowest BCUT2D eigenvalue weighted by Gasteiger charge is -2.44. The zero-order valence-corrected chi connectivity index (χ0v) is 12.5. The first kappa shape index (κ1) is 16.1. The summed E-state index contributed by atoms with van der Waals surface area (Å²) < 4.78 is 39.2. The van der Waals surface area contributed by atoms with Crippen LogP contribution in [0.4, 0.5) is 18.9 Å². The fourth-order valence-corrected chi connectivity index (χ4v) is 2.67. The number of piperazine rings is 1. The second-order valence-corrected chi connectivity index (χ2v) is 6.01. The van der Waals surface area contributed by atoms with Crippen molar-refractivity contribution in [2.24, 2.45) is 5.73 Å². The molecule has 0 unspecified atom stereocenters. The highest BCUT2D eigenvalue weighted by atomic mass is 19.4. The van der Waals surface area contributed by atoms with Gasteiger partial charge in [-0.05, 0) is 26.0 Å². The summed E-state index contributed by atoms with van der Waals surface area (Å²) in [6.45, 7) is 7.25. The fourth-order valence-electron chi connectivity index (χ4n) is 2.67. The summed E-state index contributed by atoms with van der Waals surface area (Å²) in [5.41, 5.74) is 5.36. The van der Waals surface area contributed by atoms with E-state index in [1.54, 1.807) is 12.1 Å². The van der Waals surface area contributed by atoms with Crippen LogP contribution in [0.5, 0.6) is 0 Å². The monoisotopic (exact) mass is 301 g/mol. The van der Waals surface area contributed by atoms with E-state index in [0.29, 0.717) is 19.6 Å². The molecular formula is C15H22F3N3. The molecule has 0 aliphatic carbocycles. The number of hydrogen-bond donors (Lipinski definition) is 1. The Bertz CT molecular complexity index is 477. The van der Waals surface area contributed by atoms with Gasteiger partial charge in [0.1, 0.15) is 0 Å². The molecule has 1 aromatic rings. The molecule has 1 fully saturated rings. The van der Waals surface area contributed by atoms with Crippen molar-refractivity contribution in [3.05, 3.63) is 29.8 Å². The molecule has 0 radical (unpaired) electrons. The molecule has 1 aliphatic rings. The van der Waals surface area contributed by atoms with E-state index >= 15 is 0 Å². The molecule has 2 N–H and O–H groups in total. The van der Waals surface area contributed by atoms with E-state index in [1.807, 2.05) is 4.90 Å². The minimum atomic E-state index is -4.32. The van der Waals surface area contributed by atoms with Crippen molar-refractivity contribution >= 4 is 5.69 Å². The summed E-state index contributed by atoms with van der Waals surface area (Å²) in [5, 5.41) is 0. The smallest absolute Gasteiger partial charge is 0.368 e. The normalized spacial score (nSPS) is 18.1. The molecule has 1 aliphatic heterocycles. The lowest BCUT2D eigenvalue weighted by Crippen LogP contribution is -2.57. The molecule has 1 aromatic carbocycles. The number of benzene rings is 1. The fraction of sp³-hybridized carbons (Fsp3) is 0.600. The van der Waals surface area contributed by atoms with E-state index in [2.05, 4.69) is 18.7 Å². The molecule has 0 spiro atoms. The second-order valence-electron chi connectivity index (χ2n) is 6.01. The van der Waals surface area contributed by atoms with Gasteiger partial charge in [-0.15, -0.1) is 0 Å². The molecule has 0 aromatic heterocycles. The van der Waals surface area contributed by atoms with Crippen LogP contribution in [0.1, 0.15) is 19.4 Å². The summed E-state index contributed by atoms with van der Waals surface area (Å²) in [6, 6.07) is 5.78. The van der Waals surface area contributed by atoms with Crippen LogP contribution >= 0.6 is 0 Å². The quantitative estimate of drug-likeness (QED) is 0.931. The molecule has 0 atom stereocenters. The third-order valence-electron chi connectivity index (χ3n) is 4.19. The maximum absolute atomic E-state index is 13.1. The number of alkyl halides is 3. The molecule has 3 nitrogen and oxygen atoms in total. The van der Waals surface area contributed by atoms with Gasteiger partial charge in [0.05, 0.1) is 5.56 Å². The van der Waals surface area contributed by atoms with Gasteiger partial charge >= 0.3 is 6.18 Å². The highest BCUT2D eigenvalue weighted by molar-refractivity contribution is 5.55. The Labute approximate surface area is 123 Å². The van der Waals surface area contributed by atoms with Crippen LogP contribution in [0.25, 0.3) is 0 Å². The summed E-state index contributed by atoms with van der Waals surface area (Å²) in [4.78, 5) is 4.05. The number of rotatable bonds is 3. The number of hydrogen-bond acceptors (Lipinski definition) is 3. The van der Waals surface area contributed by atoms with E-state index in [1.165, 1.54) is 6.07 Å². The zero-order valence-electron chi connectivity index (χ0n) is 12.5. The number of nitrogens with two attached hydrogens (primary N) is 1. The van der Waals surface area contributed by atoms with Crippen LogP contribution in [-0.4, -0.2) is 43.2 Å². The maximum atomic E-state index is 13.1. The average molecular weight is 301 g/mol. The SMILES string of the molecule is CC(C)(CN)N1CCN(c2ccccc2C(F)(F)F)CC1. The topological polar surface area (TPSA) is 32.5 Å². The first-order chi connectivity index (χ1) is 9.75. The maximum Gasteiger partial charge on any atom is 0.418 e. The Kier molecular flexibility index (Phi) is 4.49. The molecule has 6 heteroatoms. The molecular weight excluding hydrogens is 279 g/mol. The Morgan fingerprint density at radius 2 is 1.62 bits per heavy atom. The number of para-hydroxylation sites is 1. The minimum Gasteiger partial charge on any atom is -0.368 e. The summed E-state index contributed by atoms with van der Waals surface area (Å²) in [7, 11) is 0. The van der Waals surface area contributed by atoms with Crippen molar-refractivity contribution in [1.82, 2.24) is 4.90 Å². The zero-order chi connectivity index (χ0) is 15.7. The van der Waals surface area contributed by atoms with Gasteiger partial charge < -0.3 is 10.6 Å². The summed E-state index contributed by atoms with van der Waals surface area (Å²) in [6.07, 6.45) is -4.32. The molecule has 21 heavy (non-hydrogen) atoms. The van der Waals surface area contributed by atoms with Gasteiger partial charge in [-0.3, -0.25) is 4.90 Å². The minimum absolute atomic E-state index is 0.115. The second kappa shape index (κ2) is 5.85. The number of halogens is 3. The Morgan fingerprint density at radius 1 is 1.05 bits per heavy atom. The van der Waals surface area contributed by atoms with E-state index in [4.69, 9.17) is 5.73 Å². The number of nitrogens with zero attached hydrogens (tertiary/aromatic N) is 2. The highest BCUT2D eigenvalue weighted by Gasteiger charge is 2.36. The van der Waals surface area contributed by atoms with Crippen LogP contribution in [0, 0.1) is 0 Å². The lowest BCUT2D eigenvalue weighted by atomic mass is 10.0. The van der Waals surface area contributed by atoms with Crippen LogP contribution < -0.4 is 10.6 Å². The average Bonchev–Trinajstić information content (AvgIpc) is 2.46. The standard InChI is InChI=1S/C15H22F3N3/c1-14(2,11-19)21-9-7-20(8-10-21)13-6-4-3-5-12(13)15(16,17)18/h3-6H,7-11,19H2,1-2H3. The Balaban J connectivity index is 2.13. The first-order valence-corrected chi connectivity index (χ1v) is 7.12. The van der Waals surface area contributed by atoms with Crippen molar-refractivity contribution in [3.63, 3.8) is 0 Å². The third-order valence-corrected chi connectivity index (χ3v) is 4.19. The number of anilines is 1. The predicted molar refractivity (Wildman–Crippen MR) is 78.4 cm³/mol.